The summed E-state index contributed by atoms with van der Waals surface area (Å²) in [5.41, 5.74) is 1.47. The van der Waals surface area contributed by atoms with Gasteiger partial charge in [0.05, 0.1) is 30.4 Å². The van der Waals surface area contributed by atoms with E-state index in [0.29, 0.717) is 29.8 Å². The SMILES string of the molecule is O=c1c2ccccc2ncn1CCOc1ccc(CO)cc1. The number of ether oxygens (including phenoxy) is 1. The summed E-state index contributed by atoms with van der Waals surface area (Å²) in [4.78, 5) is 16.6. The normalized spacial score (nSPS) is 10.8. The Hall–Kier alpha value is -2.66. The molecule has 1 aromatic heterocycles. The summed E-state index contributed by atoms with van der Waals surface area (Å²) in [5.74, 6) is 0.707. The van der Waals surface area contributed by atoms with Gasteiger partial charge in [-0.25, -0.2) is 4.98 Å². The van der Waals surface area contributed by atoms with Crippen LogP contribution >= 0.6 is 0 Å². The van der Waals surface area contributed by atoms with Gasteiger partial charge < -0.3 is 9.84 Å². The quantitative estimate of drug-likeness (QED) is 0.782. The van der Waals surface area contributed by atoms with Crippen molar-refractivity contribution in [1.82, 2.24) is 9.55 Å². The molecule has 5 heteroatoms. The number of aromatic nitrogens is 2. The number of fused-ring (bicyclic) bond motifs is 1. The molecule has 0 atom stereocenters. The van der Waals surface area contributed by atoms with Crippen LogP contribution in [0.15, 0.2) is 59.7 Å². The first-order chi connectivity index (χ1) is 10.8. The zero-order chi connectivity index (χ0) is 15.4. The molecule has 0 aliphatic rings. The smallest absolute Gasteiger partial charge is 0.261 e. The van der Waals surface area contributed by atoms with Gasteiger partial charge in [0.15, 0.2) is 0 Å². The van der Waals surface area contributed by atoms with E-state index < -0.39 is 0 Å². The molecule has 0 aliphatic carbocycles. The largest absolute Gasteiger partial charge is 0.492 e. The molecule has 2 aromatic carbocycles. The number of aliphatic hydroxyl groups excluding tert-OH is 1. The monoisotopic (exact) mass is 296 g/mol. The Morgan fingerprint density at radius 3 is 2.64 bits per heavy atom. The number of benzene rings is 2. The van der Waals surface area contributed by atoms with Crippen molar-refractivity contribution in [2.75, 3.05) is 6.61 Å². The van der Waals surface area contributed by atoms with Gasteiger partial charge in [-0.15, -0.1) is 0 Å². The first-order valence-electron chi connectivity index (χ1n) is 7.05. The predicted molar refractivity (Wildman–Crippen MR) is 83.9 cm³/mol. The van der Waals surface area contributed by atoms with Crippen LogP contribution in [0, 0.1) is 0 Å². The Kier molecular flexibility index (Phi) is 4.16. The summed E-state index contributed by atoms with van der Waals surface area (Å²) < 4.78 is 7.15. The summed E-state index contributed by atoms with van der Waals surface area (Å²) in [6.45, 7) is 0.815. The fourth-order valence-corrected chi connectivity index (χ4v) is 2.22. The van der Waals surface area contributed by atoms with Gasteiger partial charge in [-0.1, -0.05) is 24.3 Å². The second-order valence-corrected chi connectivity index (χ2v) is 4.91. The highest BCUT2D eigenvalue weighted by molar-refractivity contribution is 5.76. The first kappa shape index (κ1) is 14.3. The highest BCUT2D eigenvalue weighted by atomic mass is 16.5. The van der Waals surface area contributed by atoms with E-state index in [0.717, 1.165) is 5.56 Å². The van der Waals surface area contributed by atoms with Gasteiger partial charge in [0.2, 0.25) is 0 Å². The Morgan fingerprint density at radius 1 is 1.09 bits per heavy atom. The number of hydrogen-bond donors (Lipinski definition) is 1. The average molecular weight is 296 g/mol. The van der Waals surface area contributed by atoms with E-state index >= 15 is 0 Å². The zero-order valence-corrected chi connectivity index (χ0v) is 12.0. The molecule has 0 spiro atoms. The van der Waals surface area contributed by atoms with Crippen LogP contribution < -0.4 is 10.3 Å². The fraction of sp³-hybridized carbons (Fsp3) is 0.176. The second kappa shape index (κ2) is 6.41. The van der Waals surface area contributed by atoms with E-state index in [1.54, 1.807) is 41.2 Å². The highest BCUT2D eigenvalue weighted by Crippen LogP contribution is 2.12. The lowest BCUT2D eigenvalue weighted by Gasteiger charge is -2.09. The minimum atomic E-state index is -0.0650. The van der Waals surface area contributed by atoms with E-state index in [2.05, 4.69) is 4.98 Å². The molecule has 0 unspecified atom stereocenters. The molecule has 0 amide bonds. The van der Waals surface area contributed by atoms with Crippen LogP contribution in [0.25, 0.3) is 10.9 Å². The summed E-state index contributed by atoms with van der Waals surface area (Å²) in [6, 6.07) is 14.5. The number of hydrogen-bond acceptors (Lipinski definition) is 4. The number of rotatable bonds is 5. The minimum absolute atomic E-state index is 0.0123. The molecular formula is C17H16N2O3. The van der Waals surface area contributed by atoms with Crippen LogP contribution in [0.5, 0.6) is 5.75 Å². The van der Waals surface area contributed by atoms with Gasteiger partial charge >= 0.3 is 0 Å². The lowest BCUT2D eigenvalue weighted by molar-refractivity contribution is 0.280. The van der Waals surface area contributed by atoms with Crippen molar-refractivity contribution in [2.45, 2.75) is 13.2 Å². The van der Waals surface area contributed by atoms with Gasteiger partial charge in [-0.05, 0) is 29.8 Å². The molecule has 112 valence electrons. The average Bonchev–Trinajstić information content (AvgIpc) is 2.58. The summed E-state index contributed by atoms with van der Waals surface area (Å²) in [6.07, 6.45) is 1.54. The Balaban J connectivity index is 1.68. The lowest BCUT2D eigenvalue weighted by atomic mass is 10.2. The van der Waals surface area contributed by atoms with Crippen LogP contribution in [0.3, 0.4) is 0 Å². The Morgan fingerprint density at radius 2 is 1.86 bits per heavy atom. The molecule has 1 N–H and O–H groups in total. The van der Waals surface area contributed by atoms with Crippen molar-refractivity contribution >= 4 is 10.9 Å². The molecule has 0 radical (unpaired) electrons. The molecule has 3 rings (SSSR count). The third-order valence-corrected chi connectivity index (χ3v) is 3.44. The molecule has 3 aromatic rings. The van der Waals surface area contributed by atoms with Crippen LogP contribution in [0.4, 0.5) is 0 Å². The van der Waals surface area contributed by atoms with Crippen molar-refractivity contribution in [3.63, 3.8) is 0 Å². The standard InChI is InChI=1S/C17H16N2O3/c20-11-13-5-7-14(8-6-13)22-10-9-19-12-18-16-4-2-1-3-15(16)17(19)21/h1-8,12,20H,9-11H2. The maximum Gasteiger partial charge on any atom is 0.261 e. The number of nitrogens with zero attached hydrogens (tertiary/aromatic N) is 2. The molecule has 0 bridgehead atoms. The van der Waals surface area contributed by atoms with Crippen molar-refractivity contribution in [1.29, 1.82) is 0 Å². The fourth-order valence-electron chi connectivity index (χ4n) is 2.22. The molecule has 1 heterocycles. The zero-order valence-electron chi connectivity index (χ0n) is 12.0. The van der Waals surface area contributed by atoms with E-state index in [4.69, 9.17) is 9.84 Å². The topological polar surface area (TPSA) is 64.4 Å². The summed E-state index contributed by atoms with van der Waals surface area (Å²) in [7, 11) is 0. The van der Waals surface area contributed by atoms with Gasteiger partial charge in [0, 0.05) is 0 Å². The summed E-state index contributed by atoms with van der Waals surface area (Å²) >= 11 is 0. The minimum Gasteiger partial charge on any atom is -0.492 e. The molecule has 5 nitrogen and oxygen atoms in total. The van der Waals surface area contributed by atoms with E-state index in [-0.39, 0.29) is 12.2 Å². The number of para-hydroxylation sites is 1. The van der Waals surface area contributed by atoms with Gasteiger partial charge in [0.25, 0.3) is 5.56 Å². The van der Waals surface area contributed by atoms with E-state index in [9.17, 15) is 4.79 Å². The van der Waals surface area contributed by atoms with Crippen LogP contribution in [0.2, 0.25) is 0 Å². The highest BCUT2D eigenvalue weighted by Gasteiger charge is 2.03. The molecule has 0 fully saturated rings. The molecule has 22 heavy (non-hydrogen) atoms. The summed E-state index contributed by atoms with van der Waals surface area (Å²) in [5, 5.41) is 9.59. The van der Waals surface area contributed by atoms with Crippen LogP contribution in [0.1, 0.15) is 5.56 Å². The van der Waals surface area contributed by atoms with Gasteiger partial charge in [-0.3, -0.25) is 9.36 Å². The van der Waals surface area contributed by atoms with Crippen molar-refractivity contribution < 1.29 is 9.84 Å². The third-order valence-electron chi connectivity index (χ3n) is 3.44. The Bertz CT molecular complexity index is 825. The van der Waals surface area contributed by atoms with Gasteiger partial charge in [0.1, 0.15) is 12.4 Å². The van der Waals surface area contributed by atoms with Crippen LogP contribution in [-0.2, 0) is 13.2 Å². The molecule has 0 saturated heterocycles. The number of aliphatic hydroxyl groups is 1. The van der Waals surface area contributed by atoms with Crippen LogP contribution in [-0.4, -0.2) is 21.3 Å². The van der Waals surface area contributed by atoms with Crippen molar-refractivity contribution in [3.05, 3.63) is 70.8 Å². The van der Waals surface area contributed by atoms with E-state index in [1.807, 2.05) is 18.2 Å². The maximum atomic E-state index is 12.3. The predicted octanol–water partition coefficient (Wildman–Crippen LogP) is 1.97. The maximum absolute atomic E-state index is 12.3. The lowest BCUT2D eigenvalue weighted by Crippen LogP contribution is -2.23. The first-order valence-corrected chi connectivity index (χ1v) is 7.05. The van der Waals surface area contributed by atoms with E-state index in [1.165, 1.54) is 0 Å². The van der Waals surface area contributed by atoms with Crippen molar-refractivity contribution in [3.8, 4) is 5.75 Å². The molecule has 0 aliphatic heterocycles. The molecule has 0 saturated carbocycles. The molecular weight excluding hydrogens is 280 g/mol. The third kappa shape index (κ3) is 2.99. The van der Waals surface area contributed by atoms with Crippen molar-refractivity contribution in [2.24, 2.45) is 0 Å². The Labute approximate surface area is 127 Å². The second-order valence-electron chi connectivity index (χ2n) is 4.91. The van der Waals surface area contributed by atoms with Gasteiger partial charge in [-0.2, -0.15) is 0 Å².